The number of nitrogens with one attached hydrogen (secondary N) is 1. The quantitative estimate of drug-likeness (QED) is 0.717. The minimum atomic E-state index is -3.71. The number of carbonyl (C=O) groups is 1. The molecule has 1 heterocycles. The first-order valence-electron chi connectivity index (χ1n) is 9.15. The molecule has 8 heteroatoms. The van der Waals surface area contributed by atoms with Crippen LogP contribution in [0.3, 0.4) is 0 Å². The van der Waals surface area contributed by atoms with Gasteiger partial charge < -0.3 is 9.64 Å². The standard InChI is InChI=1S/C20H23FN2O4S/c21-17-8-10-18(11-9-17)28(25,26)22-12-4-7-20(24)23-13-14-27-19(15-23)16-5-2-1-3-6-16/h1-3,5-6,8-11,19,22H,4,7,12-15H2. The summed E-state index contributed by atoms with van der Waals surface area (Å²) in [6.45, 7) is 1.63. The molecule has 2 aromatic rings. The lowest BCUT2D eigenvalue weighted by atomic mass is 10.1. The maximum absolute atomic E-state index is 12.9. The van der Waals surface area contributed by atoms with E-state index in [1.54, 1.807) is 4.90 Å². The molecule has 0 saturated carbocycles. The summed E-state index contributed by atoms with van der Waals surface area (Å²) >= 11 is 0. The molecule has 0 spiro atoms. The third-order valence-electron chi connectivity index (χ3n) is 4.57. The van der Waals surface area contributed by atoms with Crippen LogP contribution in [0.5, 0.6) is 0 Å². The summed E-state index contributed by atoms with van der Waals surface area (Å²) in [7, 11) is -3.71. The zero-order valence-corrected chi connectivity index (χ0v) is 16.2. The molecule has 0 bridgehead atoms. The maximum Gasteiger partial charge on any atom is 0.240 e. The largest absolute Gasteiger partial charge is 0.370 e. The van der Waals surface area contributed by atoms with Crippen LogP contribution in [0.25, 0.3) is 0 Å². The van der Waals surface area contributed by atoms with E-state index in [4.69, 9.17) is 4.74 Å². The van der Waals surface area contributed by atoms with Gasteiger partial charge in [-0.15, -0.1) is 0 Å². The number of carbonyl (C=O) groups excluding carboxylic acids is 1. The van der Waals surface area contributed by atoms with Crippen LogP contribution in [-0.4, -0.2) is 45.5 Å². The summed E-state index contributed by atoms with van der Waals surface area (Å²) in [6.07, 6.45) is 0.482. The van der Waals surface area contributed by atoms with Gasteiger partial charge in [0.25, 0.3) is 0 Å². The molecule has 3 rings (SSSR count). The van der Waals surface area contributed by atoms with Gasteiger partial charge >= 0.3 is 0 Å². The zero-order valence-electron chi connectivity index (χ0n) is 15.4. The lowest BCUT2D eigenvalue weighted by Crippen LogP contribution is -2.42. The highest BCUT2D eigenvalue weighted by atomic mass is 32.2. The van der Waals surface area contributed by atoms with E-state index in [0.717, 1.165) is 17.7 Å². The molecule has 1 aliphatic rings. The van der Waals surface area contributed by atoms with Crippen molar-refractivity contribution < 1.29 is 22.3 Å². The summed E-state index contributed by atoms with van der Waals surface area (Å²) in [5.41, 5.74) is 1.03. The fraction of sp³-hybridized carbons (Fsp3) is 0.350. The summed E-state index contributed by atoms with van der Waals surface area (Å²) in [5, 5.41) is 0. The van der Waals surface area contributed by atoms with Gasteiger partial charge in [-0.25, -0.2) is 17.5 Å². The highest BCUT2D eigenvalue weighted by Gasteiger charge is 2.25. The highest BCUT2D eigenvalue weighted by Crippen LogP contribution is 2.22. The van der Waals surface area contributed by atoms with Gasteiger partial charge in [-0.05, 0) is 36.2 Å². The Morgan fingerprint density at radius 1 is 1.14 bits per heavy atom. The summed E-state index contributed by atoms with van der Waals surface area (Å²) in [5.74, 6) is -0.519. The first-order valence-corrected chi connectivity index (χ1v) is 10.6. The number of hydrogen-bond acceptors (Lipinski definition) is 4. The fourth-order valence-electron chi connectivity index (χ4n) is 3.05. The highest BCUT2D eigenvalue weighted by molar-refractivity contribution is 7.89. The second-order valence-electron chi connectivity index (χ2n) is 6.57. The van der Waals surface area contributed by atoms with Gasteiger partial charge in [0.05, 0.1) is 18.0 Å². The minimum Gasteiger partial charge on any atom is -0.370 e. The first-order chi connectivity index (χ1) is 13.5. The van der Waals surface area contributed by atoms with E-state index in [1.165, 1.54) is 12.1 Å². The minimum absolute atomic E-state index is 0.000825. The molecular formula is C20H23FN2O4S. The number of hydrogen-bond donors (Lipinski definition) is 1. The van der Waals surface area contributed by atoms with Crippen molar-refractivity contribution in [2.75, 3.05) is 26.2 Å². The molecule has 28 heavy (non-hydrogen) atoms. The second kappa shape index (κ2) is 9.27. The van der Waals surface area contributed by atoms with Crippen molar-refractivity contribution in [2.24, 2.45) is 0 Å². The molecule has 150 valence electrons. The van der Waals surface area contributed by atoms with E-state index in [9.17, 15) is 17.6 Å². The molecule has 0 aromatic heterocycles. The van der Waals surface area contributed by atoms with E-state index in [2.05, 4.69) is 4.72 Å². The molecule has 2 aromatic carbocycles. The molecule has 0 aliphatic carbocycles. The number of nitrogens with zero attached hydrogens (tertiary/aromatic N) is 1. The predicted octanol–water partition coefficient (Wildman–Crippen LogP) is 2.48. The smallest absolute Gasteiger partial charge is 0.240 e. The van der Waals surface area contributed by atoms with Gasteiger partial charge in [0.1, 0.15) is 11.9 Å². The molecule has 1 saturated heterocycles. The average molecular weight is 406 g/mol. The monoisotopic (exact) mass is 406 g/mol. The number of sulfonamides is 1. The molecule has 6 nitrogen and oxygen atoms in total. The Hall–Kier alpha value is -2.29. The van der Waals surface area contributed by atoms with Crippen molar-refractivity contribution in [1.82, 2.24) is 9.62 Å². The average Bonchev–Trinajstić information content (AvgIpc) is 2.72. The van der Waals surface area contributed by atoms with Crippen molar-refractivity contribution in [1.29, 1.82) is 0 Å². The number of halogens is 1. The number of rotatable bonds is 7. The number of morpholine rings is 1. The van der Waals surface area contributed by atoms with Crippen molar-refractivity contribution in [3.63, 3.8) is 0 Å². The van der Waals surface area contributed by atoms with E-state index in [-0.39, 0.29) is 29.9 Å². The Bertz CT molecular complexity index is 888. The van der Waals surface area contributed by atoms with Gasteiger partial charge in [0.15, 0.2) is 0 Å². The lowest BCUT2D eigenvalue weighted by molar-refractivity contribution is -0.139. The van der Waals surface area contributed by atoms with Gasteiger partial charge in [0, 0.05) is 19.5 Å². The van der Waals surface area contributed by atoms with Crippen LogP contribution in [0.2, 0.25) is 0 Å². The Morgan fingerprint density at radius 3 is 2.57 bits per heavy atom. The van der Waals surface area contributed by atoms with Crippen LogP contribution in [-0.2, 0) is 19.6 Å². The van der Waals surface area contributed by atoms with Crippen LogP contribution < -0.4 is 4.72 Å². The van der Waals surface area contributed by atoms with Crippen LogP contribution >= 0.6 is 0 Å². The Labute approximate surface area is 164 Å². The number of ether oxygens (including phenoxy) is 1. The van der Waals surface area contributed by atoms with E-state index < -0.39 is 15.8 Å². The number of amides is 1. The van der Waals surface area contributed by atoms with Gasteiger partial charge in [0.2, 0.25) is 15.9 Å². The Balaban J connectivity index is 1.46. The van der Waals surface area contributed by atoms with Gasteiger partial charge in [-0.2, -0.15) is 0 Å². The fourth-order valence-corrected chi connectivity index (χ4v) is 4.12. The Kier molecular flexibility index (Phi) is 6.77. The van der Waals surface area contributed by atoms with Gasteiger partial charge in [-0.3, -0.25) is 4.79 Å². The van der Waals surface area contributed by atoms with E-state index in [1.807, 2.05) is 30.3 Å². The van der Waals surface area contributed by atoms with Gasteiger partial charge in [-0.1, -0.05) is 30.3 Å². The van der Waals surface area contributed by atoms with Crippen LogP contribution in [0.15, 0.2) is 59.5 Å². The number of benzene rings is 2. The topological polar surface area (TPSA) is 75.7 Å². The molecule has 1 atom stereocenters. The predicted molar refractivity (Wildman–Crippen MR) is 103 cm³/mol. The second-order valence-corrected chi connectivity index (χ2v) is 8.33. The van der Waals surface area contributed by atoms with E-state index in [0.29, 0.717) is 26.1 Å². The van der Waals surface area contributed by atoms with Crippen LogP contribution in [0, 0.1) is 5.82 Å². The van der Waals surface area contributed by atoms with Crippen molar-refractivity contribution in [3.8, 4) is 0 Å². The van der Waals surface area contributed by atoms with Crippen molar-refractivity contribution in [3.05, 3.63) is 66.0 Å². The molecule has 1 fully saturated rings. The lowest BCUT2D eigenvalue weighted by Gasteiger charge is -2.33. The summed E-state index contributed by atoms with van der Waals surface area (Å²) in [4.78, 5) is 14.2. The Morgan fingerprint density at radius 2 is 1.86 bits per heavy atom. The third-order valence-corrected chi connectivity index (χ3v) is 6.05. The van der Waals surface area contributed by atoms with Crippen molar-refractivity contribution in [2.45, 2.75) is 23.8 Å². The molecule has 1 unspecified atom stereocenters. The molecular weight excluding hydrogens is 383 g/mol. The summed E-state index contributed by atoms with van der Waals surface area (Å²) in [6, 6.07) is 14.4. The maximum atomic E-state index is 12.9. The SMILES string of the molecule is O=C(CCCNS(=O)(=O)c1ccc(F)cc1)N1CCOC(c2ccccc2)C1. The normalized spacial score (nSPS) is 17.5. The molecule has 1 amide bonds. The summed E-state index contributed by atoms with van der Waals surface area (Å²) < 4.78 is 45.4. The molecule has 1 N–H and O–H groups in total. The third kappa shape index (κ3) is 5.37. The first kappa shape index (κ1) is 20.4. The molecule has 0 radical (unpaired) electrons. The zero-order chi connectivity index (χ0) is 20.0. The van der Waals surface area contributed by atoms with Crippen molar-refractivity contribution >= 4 is 15.9 Å². The molecule has 1 aliphatic heterocycles. The van der Waals surface area contributed by atoms with Crippen LogP contribution in [0.4, 0.5) is 4.39 Å². The van der Waals surface area contributed by atoms with Crippen LogP contribution in [0.1, 0.15) is 24.5 Å². The van der Waals surface area contributed by atoms with E-state index >= 15 is 0 Å².